The number of nitro benzene ring substituents is 1. The molecule has 9 heteroatoms. The Morgan fingerprint density at radius 2 is 1.77 bits per heavy atom. The van der Waals surface area contributed by atoms with Gasteiger partial charge in [-0.1, -0.05) is 12.1 Å². The fourth-order valence-corrected chi connectivity index (χ4v) is 2.54. The minimum absolute atomic E-state index is 0.0247. The van der Waals surface area contributed by atoms with E-state index in [1.807, 2.05) is 0 Å². The summed E-state index contributed by atoms with van der Waals surface area (Å²) in [5, 5.41) is 13.1. The van der Waals surface area contributed by atoms with Crippen molar-refractivity contribution in [3.63, 3.8) is 0 Å². The third-order valence-corrected chi connectivity index (χ3v) is 4.16. The molecule has 0 aliphatic heterocycles. The summed E-state index contributed by atoms with van der Waals surface area (Å²) in [5.41, 5.74) is 0.689. The van der Waals surface area contributed by atoms with Crippen molar-refractivity contribution < 1.29 is 23.6 Å². The molecule has 0 atom stereocenters. The Morgan fingerprint density at radius 3 is 2.38 bits per heavy atom. The molecule has 0 saturated heterocycles. The Balaban J connectivity index is 1.66. The maximum atomic E-state index is 12.8. The highest BCUT2D eigenvalue weighted by atomic mass is 32.2. The van der Waals surface area contributed by atoms with Crippen LogP contribution in [0.3, 0.4) is 0 Å². The third-order valence-electron chi connectivity index (χ3n) is 3.17. The van der Waals surface area contributed by atoms with Gasteiger partial charge in [0.1, 0.15) is 5.82 Å². The lowest BCUT2D eigenvalue weighted by Crippen LogP contribution is -2.28. The molecule has 0 spiro atoms. The number of nitrogens with zero attached hydrogens (tertiary/aromatic N) is 1. The predicted octanol–water partition coefficient (Wildman–Crippen LogP) is 2.69. The summed E-state index contributed by atoms with van der Waals surface area (Å²) >= 11 is 1.15. The maximum absolute atomic E-state index is 12.8. The van der Waals surface area contributed by atoms with E-state index in [-0.39, 0.29) is 23.8 Å². The zero-order chi connectivity index (χ0) is 18.9. The molecule has 0 saturated carbocycles. The average Bonchev–Trinajstić information content (AvgIpc) is 2.64. The lowest BCUT2D eigenvalue weighted by molar-refractivity contribution is -0.384. The van der Waals surface area contributed by atoms with Crippen LogP contribution in [0.5, 0.6) is 0 Å². The second kappa shape index (κ2) is 9.52. The number of hydrogen-bond donors (Lipinski definition) is 1. The first kappa shape index (κ1) is 19.4. The van der Waals surface area contributed by atoms with Crippen molar-refractivity contribution >= 4 is 29.3 Å². The van der Waals surface area contributed by atoms with Gasteiger partial charge in [-0.15, -0.1) is 11.8 Å². The van der Waals surface area contributed by atoms with Gasteiger partial charge in [0.2, 0.25) is 0 Å². The zero-order valence-corrected chi connectivity index (χ0v) is 14.3. The van der Waals surface area contributed by atoms with Gasteiger partial charge < -0.3 is 10.1 Å². The molecule has 136 valence electrons. The van der Waals surface area contributed by atoms with Crippen molar-refractivity contribution in [1.82, 2.24) is 5.32 Å². The van der Waals surface area contributed by atoms with E-state index in [1.54, 1.807) is 12.1 Å². The van der Waals surface area contributed by atoms with E-state index in [0.717, 1.165) is 17.3 Å². The largest absolute Gasteiger partial charge is 0.455 e. The first-order valence-corrected chi connectivity index (χ1v) is 8.46. The van der Waals surface area contributed by atoms with Crippen molar-refractivity contribution in [1.29, 1.82) is 0 Å². The van der Waals surface area contributed by atoms with Gasteiger partial charge in [0.05, 0.1) is 10.7 Å². The van der Waals surface area contributed by atoms with Gasteiger partial charge in [-0.2, -0.15) is 0 Å². The molecule has 0 heterocycles. The van der Waals surface area contributed by atoms with Crippen LogP contribution in [-0.4, -0.2) is 29.2 Å². The monoisotopic (exact) mass is 378 g/mol. The van der Waals surface area contributed by atoms with E-state index < -0.39 is 23.4 Å². The summed E-state index contributed by atoms with van der Waals surface area (Å²) in [7, 11) is 0. The van der Waals surface area contributed by atoms with E-state index in [0.29, 0.717) is 4.90 Å². The summed E-state index contributed by atoms with van der Waals surface area (Å²) in [4.78, 5) is 34.0. The second-order valence-corrected chi connectivity index (χ2v) is 6.15. The molecule has 7 nitrogen and oxygen atoms in total. The minimum atomic E-state index is -0.578. The lowest BCUT2D eigenvalue weighted by Gasteiger charge is -2.07. The Hall–Kier alpha value is -2.94. The van der Waals surface area contributed by atoms with Crippen molar-refractivity contribution in [2.24, 2.45) is 0 Å². The number of non-ortho nitro benzene ring substituents is 1. The molecular formula is C17H15FN2O5S. The fraction of sp³-hybridized carbons (Fsp3) is 0.176. The molecule has 0 bridgehead atoms. The van der Waals surface area contributed by atoms with Gasteiger partial charge in [-0.25, -0.2) is 4.39 Å². The molecule has 26 heavy (non-hydrogen) atoms. The number of ether oxygens (including phenoxy) is 1. The van der Waals surface area contributed by atoms with Crippen LogP contribution < -0.4 is 5.32 Å². The second-order valence-electron chi connectivity index (χ2n) is 5.10. The lowest BCUT2D eigenvalue weighted by atomic mass is 10.2. The number of hydrogen-bond acceptors (Lipinski definition) is 6. The average molecular weight is 378 g/mol. The molecule has 0 aliphatic carbocycles. The molecule has 1 N–H and O–H groups in total. The van der Waals surface area contributed by atoms with Crippen molar-refractivity contribution in [3.8, 4) is 0 Å². The normalized spacial score (nSPS) is 10.2. The Kier molecular flexibility index (Phi) is 7.10. The Morgan fingerprint density at radius 1 is 1.12 bits per heavy atom. The summed E-state index contributed by atoms with van der Waals surface area (Å²) in [6.45, 7) is -0.213. The van der Waals surface area contributed by atoms with Crippen molar-refractivity contribution in [2.45, 2.75) is 11.4 Å². The number of halogens is 1. The van der Waals surface area contributed by atoms with E-state index in [9.17, 15) is 24.1 Å². The highest BCUT2D eigenvalue weighted by Crippen LogP contribution is 2.21. The molecule has 0 unspecified atom stereocenters. The highest BCUT2D eigenvalue weighted by molar-refractivity contribution is 8.00. The summed E-state index contributed by atoms with van der Waals surface area (Å²) < 4.78 is 17.6. The zero-order valence-electron chi connectivity index (χ0n) is 13.5. The molecule has 0 aromatic heterocycles. The number of nitro groups is 1. The Labute approximate surface area is 152 Å². The van der Waals surface area contributed by atoms with Gasteiger partial charge in [-0.05, 0) is 29.8 Å². The molecule has 2 aromatic carbocycles. The van der Waals surface area contributed by atoms with Crippen molar-refractivity contribution in [2.75, 3.05) is 12.4 Å². The number of thioether (sulfide) groups is 1. The van der Waals surface area contributed by atoms with Gasteiger partial charge in [0.15, 0.2) is 6.61 Å². The van der Waals surface area contributed by atoms with Crippen LogP contribution in [0.15, 0.2) is 53.4 Å². The third kappa shape index (κ3) is 6.52. The number of carbonyl (C=O) groups excluding carboxylic acids is 2. The highest BCUT2D eigenvalue weighted by Gasteiger charge is 2.09. The smallest absolute Gasteiger partial charge is 0.316 e. The van der Waals surface area contributed by atoms with Gasteiger partial charge in [-0.3, -0.25) is 19.7 Å². The SMILES string of the molecule is O=C(COC(=O)CSc1ccc([N+](=O)[O-])cc1)NCc1ccc(F)cc1. The molecule has 2 aromatic rings. The van der Waals surface area contributed by atoms with E-state index in [2.05, 4.69) is 5.32 Å². The maximum Gasteiger partial charge on any atom is 0.316 e. The number of benzene rings is 2. The van der Waals surface area contributed by atoms with Crippen LogP contribution in [0, 0.1) is 15.9 Å². The van der Waals surface area contributed by atoms with Gasteiger partial charge >= 0.3 is 5.97 Å². The van der Waals surface area contributed by atoms with Crippen LogP contribution in [0.25, 0.3) is 0 Å². The number of esters is 1. The van der Waals surface area contributed by atoms with Crippen LogP contribution in [0.2, 0.25) is 0 Å². The standard InChI is InChI=1S/C17H15FN2O5S/c18-13-3-1-12(2-4-13)9-19-16(21)10-25-17(22)11-26-15-7-5-14(6-8-15)20(23)24/h1-8H,9-11H2,(H,19,21). The Bertz CT molecular complexity index is 781. The number of amides is 1. The molecule has 2 rings (SSSR count). The first-order valence-electron chi connectivity index (χ1n) is 7.48. The van der Waals surface area contributed by atoms with E-state index in [1.165, 1.54) is 36.4 Å². The number of rotatable bonds is 8. The fourth-order valence-electron chi connectivity index (χ4n) is 1.85. The predicted molar refractivity (Wildman–Crippen MR) is 93.0 cm³/mol. The molecular weight excluding hydrogens is 363 g/mol. The summed E-state index contributed by atoms with van der Waals surface area (Å²) in [5.74, 6) is -1.43. The summed E-state index contributed by atoms with van der Waals surface area (Å²) in [6.07, 6.45) is 0. The van der Waals surface area contributed by atoms with Gasteiger partial charge in [0, 0.05) is 23.6 Å². The number of carbonyl (C=O) groups is 2. The van der Waals surface area contributed by atoms with Crippen LogP contribution >= 0.6 is 11.8 Å². The molecule has 0 radical (unpaired) electrons. The quantitative estimate of drug-likeness (QED) is 0.328. The van der Waals surface area contributed by atoms with Crippen LogP contribution in [-0.2, 0) is 20.9 Å². The molecule has 0 aliphatic rings. The summed E-state index contributed by atoms with van der Waals surface area (Å²) in [6, 6.07) is 11.4. The van der Waals surface area contributed by atoms with E-state index >= 15 is 0 Å². The molecule has 1 amide bonds. The molecule has 0 fully saturated rings. The van der Waals surface area contributed by atoms with Gasteiger partial charge in [0.25, 0.3) is 11.6 Å². The van der Waals surface area contributed by atoms with E-state index in [4.69, 9.17) is 4.74 Å². The van der Waals surface area contributed by atoms with Crippen LogP contribution in [0.4, 0.5) is 10.1 Å². The van der Waals surface area contributed by atoms with Crippen LogP contribution in [0.1, 0.15) is 5.56 Å². The minimum Gasteiger partial charge on any atom is -0.455 e. The van der Waals surface area contributed by atoms with Crippen molar-refractivity contribution in [3.05, 3.63) is 70.0 Å². The first-order chi connectivity index (χ1) is 12.4. The number of nitrogens with one attached hydrogen (secondary N) is 1. The topological polar surface area (TPSA) is 98.5 Å².